The number of rotatable bonds is 0. The molecule has 2 rings (SSSR count). The standard InChI is InChI=1S/C3H3NO.C3H3NS/c1-2-5-3-4-1;1-2-4-5-3-1/h2*1-3H. The highest BCUT2D eigenvalue weighted by atomic mass is 32.1. The molecule has 0 aliphatic heterocycles. The van der Waals surface area contributed by atoms with Crippen LogP contribution in [-0.2, 0) is 0 Å². The van der Waals surface area contributed by atoms with Gasteiger partial charge in [-0.15, -0.1) is 0 Å². The predicted molar refractivity (Wildman–Crippen MR) is 38.6 cm³/mol. The largest absolute Gasteiger partial charge is 0.452 e. The Balaban J connectivity index is 0.0000001000. The number of hydrogen-bond donors (Lipinski definition) is 0. The molecule has 3 nitrogen and oxygen atoms in total. The van der Waals surface area contributed by atoms with Crippen molar-refractivity contribution in [1.29, 1.82) is 0 Å². The first-order valence-electron chi connectivity index (χ1n) is 2.66. The lowest BCUT2D eigenvalue weighted by molar-refractivity contribution is 0.558. The van der Waals surface area contributed by atoms with Crippen LogP contribution in [0.15, 0.2) is 40.9 Å². The molecule has 4 heteroatoms. The average Bonchev–Trinajstić information content (AvgIpc) is 2.67. The summed E-state index contributed by atoms with van der Waals surface area (Å²) in [7, 11) is 0. The molecule has 2 heterocycles. The van der Waals surface area contributed by atoms with Crippen LogP contribution in [0.5, 0.6) is 0 Å². The molecule has 0 aromatic carbocycles. The van der Waals surface area contributed by atoms with Gasteiger partial charge in [0, 0.05) is 11.6 Å². The summed E-state index contributed by atoms with van der Waals surface area (Å²) in [5.41, 5.74) is 0. The molecule has 0 N–H and O–H groups in total. The highest BCUT2D eigenvalue weighted by molar-refractivity contribution is 7.03. The van der Waals surface area contributed by atoms with Gasteiger partial charge in [-0.3, -0.25) is 0 Å². The van der Waals surface area contributed by atoms with Crippen LogP contribution in [0.25, 0.3) is 0 Å². The van der Waals surface area contributed by atoms with E-state index in [4.69, 9.17) is 0 Å². The normalized spacial score (nSPS) is 8.00. The average molecular weight is 154 g/mol. The molecule has 52 valence electrons. The van der Waals surface area contributed by atoms with Crippen LogP contribution < -0.4 is 0 Å². The molecule has 0 unspecified atom stereocenters. The lowest BCUT2D eigenvalue weighted by Crippen LogP contribution is -1.38. The molecule has 0 spiro atoms. The lowest BCUT2D eigenvalue weighted by atomic mass is 10.8. The molecule has 0 aliphatic carbocycles. The maximum Gasteiger partial charge on any atom is 0.180 e. The maximum atomic E-state index is 4.47. The van der Waals surface area contributed by atoms with Crippen molar-refractivity contribution >= 4 is 11.5 Å². The summed E-state index contributed by atoms with van der Waals surface area (Å²) in [5.74, 6) is 0. The Morgan fingerprint density at radius 3 is 2.50 bits per heavy atom. The lowest BCUT2D eigenvalue weighted by Gasteiger charge is -1.47. The smallest absolute Gasteiger partial charge is 0.180 e. The van der Waals surface area contributed by atoms with E-state index in [-0.39, 0.29) is 0 Å². The van der Waals surface area contributed by atoms with Gasteiger partial charge in [0.15, 0.2) is 6.39 Å². The van der Waals surface area contributed by atoms with Crippen molar-refractivity contribution < 1.29 is 4.42 Å². The Morgan fingerprint density at radius 1 is 1.30 bits per heavy atom. The molecule has 0 bridgehead atoms. The topological polar surface area (TPSA) is 38.9 Å². The third-order valence-electron chi connectivity index (χ3n) is 0.694. The molecule has 0 fully saturated rings. The van der Waals surface area contributed by atoms with Crippen LogP contribution in [0.4, 0.5) is 0 Å². The summed E-state index contributed by atoms with van der Waals surface area (Å²) < 4.78 is 8.24. The van der Waals surface area contributed by atoms with E-state index in [1.54, 1.807) is 12.4 Å². The van der Waals surface area contributed by atoms with Crippen LogP contribution in [0.2, 0.25) is 0 Å². The molecule has 10 heavy (non-hydrogen) atoms. The van der Waals surface area contributed by atoms with E-state index in [1.165, 1.54) is 24.2 Å². The van der Waals surface area contributed by atoms with Crippen LogP contribution in [0.1, 0.15) is 0 Å². The minimum Gasteiger partial charge on any atom is -0.452 e. The second kappa shape index (κ2) is 4.69. The van der Waals surface area contributed by atoms with Gasteiger partial charge in [0.1, 0.15) is 6.26 Å². The van der Waals surface area contributed by atoms with E-state index in [9.17, 15) is 0 Å². The zero-order chi connectivity index (χ0) is 7.07. The highest BCUT2D eigenvalue weighted by Gasteiger charge is 1.60. The fraction of sp³-hybridized carbons (Fsp3) is 0. The minimum absolute atomic E-state index is 1.38. The zero-order valence-corrected chi connectivity index (χ0v) is 5.99. The third-order valence-corrected chi connectivity index (χ3v) is 1.22. The van der Waals surface area contributed by atoms with E-state index in [0.29, 0.717) is 0 Å². The summed E-state index contributed by atoms with van der Waals surface area (Å²) in [4.78, 5) is 3.56. The predicted octanol–water partition coefficient (Wildman–Crippen LogP) is 1.82. The summed E-state index contributed by atoms with van der Waals surface area (Å²) in [6.07, 6.45) is 6.24. The van der Waals surface area contributed by atoms with Crippen molar-refractivity contribution in [1.82, 2.24) is 9.36 Å². The van der Waals surface area contributed by atoms with Crippen molar-refractivity contribution in [3.63, 3.8) is 0 Å². The SMILES string of the molecule is c1cnsc1.c1cocn1. The summed E-state index contributed by atoms with van der Waals surface area (Å²) in [5, 5.41) is 1.93. The van der Waals surface area contributed by atoms with Gasteiger partial charge in [0.05, 0.1) is 6.20 Å². The van der Waals surface area contributed by atoms with Crippen LogP contribution in [0.3, 0.4) is 0 Å². The molecule has 0 aliphatic rings. The van der Waals surface area contributed by atoms with Gasteiger partial charge in [0.2, 0.25) is 0 Å². The van der Waals surface area contributed by atoms with E-state index in [0.717, 1.165) is 0 Å². The molecule has 0 atom stereocenters. The quantitative estimate of drug-likeness (QED) is 0.581. The van der Waals surface area contributed by atoms with Gasteiger partial charge in [-0.25, -0.2) is 9.36 Å². The Morgan fingerprint density at radius 2 is 2.30 bits per heavy atom. The first-order chi connectivity index (χ1) is 5.00. The van der Waals surface area contributed by atoms with E-state index in [1.807, 2.05) is 11.4 Å². The molecule has 0 saturated carbocycles. The first kappa shape index (κ1) is 6.95. The van der Waals surface area contributed by atoms with Gasteiger partial charge in [-0.2, -0.15) is 0 Å². The Labute approximate surface area is 62.5 Å². The van der Waals surface area contributed by atoms with Crippen molar-refractivity contribution in [3.05, 3.63) is 36.5 Å². The summed E-state index contributed by atoms with van der Waals surface area (Å²) in [6.45, 7) is 0. The van der Waals surface area contributed by atoms with Crippen molar-refractivity contribution in [2.75, 3.05) is 0 Å². The van der Waals surface area contributed by atoms with Gasteiger partial charge in [-0.05, 0) is 17.6 Å². The van der Waals surface area contributed by atoms with Crippen LogP contribution >= 0.6 is 11.5 Å². The molecule has 0 saturated heterocycles. The summed E-state index contributed by atoms with van der Waals surface area (Å²) >= 11 is 1.46. The second-order valence-electron chi connectivity index (χ2n) is 1.36. The number of oxazole rings is 1. The second-order valence-corrected chi connectivity index (χ2v) is 2.06. The van der Waals surface area contributed by atoms with E-state index >= 15 is 0 Å². The Hall–Kier alpha value is -1.16. The monoisotopic (exact) mass is 154 g/mol. The first-order valence-corrected chi connectivity index (χ1v) is 3.50. The fourth-order valence-corrected chi connectivity index (χ4v) is 0.703. The highest BCUT2D eigenvalue weighted by Crippen LogP contribution is 1.83. The van der Waals surface area contributed by atoms with Gasteiger partial charge in [0.25, 0.3) is 0 Å². The molecule has 2 aromatic heterocycles. The van der Waals surface area contributed by atoms with E-state index < -0.39 is 0 Å². The number of hydrogen-bond acceptors (Lipinski definition) is 4. The molecule has 0 amide bonds. The third kappa shape index (κ3) is 2.99. The van der Waals surface area contributed by atoms with Crippen LogP contribution in [0, 0.1) is 0 Å². The Kier molecular flexibility index (Phi) is 3.26. The minimum atomic E-state index is 1.38. The summed E-state index contributed by atoms with van der Waals surface area (Å²) in [6, 6.07) is 1.91. The maximum absolute atomic E-state index is 4.47. The fourth-order valence-electron chi connectivity index (χ4n) is 0.351. The molecular formula is C6H6N2OS. The molecular weight excluding hydrogens is 148 g/mol. The van der Waals surface area contributed by atoms with Gasteiger partial charge in [-0.1, -0.05) is 0 Å². The van der Waals surface area contributed by atoms with Gasteiger partial charge >= 0.3 is 0 Å². The number of aromatic nitrogens is 2. The Bertz CT molecular complexity index is 155. The van der Waals surface area contributed by atoms with Crippen molar-refractivity contribution in [2.45, 2.75) is 0 Å². The van der Waals surface area contributed by atoms with Crippen LogP contribution in [-0.4, -0.2) is 9.36 Å². The molecule has 0 radical (unpaired) electrons. The van der Waals surface area contributed by atoms with E-state index in [2.05, 4.69) is 13.8 Å². The van der Waals surface area contributed by atoms with Crippen molar-refractivity contribution in [3.8, 4) is 0 Å². The van der Waals surface area contributed by atoms with Gasteiger partial charge < -0.3 is 4.42 Å². The zero-order valence-electron chi connectivity index (χ0n) is 5.18. The van der Waals surface area contributed by atoms with Crippen molar-refractivity contribution in [2.24, 2.45) is 0 Å². The number of nitrogens with zero attached hydrogens (tertiary/aromatic N) is 2. The molecule has 2 aromatic rings.